The van der Waals surface area contributed by atoms with Gasteiger partial charge in [-0.1, -0.05) is 29.3 Å². The number of hydrogen-bond acceptors (Lipinski definition) is 6. The maximum Gasteiger partial charge on any atom is 0.276 e. The molecule has 0 aliphatic heterocycles. The van der Waals surface area contributed by atoms with E-state index in [1.807, 2.05) is 6.07 Å². The largest absolute Gasteiger partial charge is 0.302 e. The Morgan fingerprint density at radius 3 is 2.69 bits per heavy atom. The number of benzene rings is 1. The zero-order chi connectivity index (χ0) is 18.7. The van der Waals surface area contributed by atoms with Gasteiger partial charge in [-0.25, -0.2) is 9.97 Å². The van der Waals surface area contributed by atoms with Gasteiger partial charge in [-0.05, 0) is 17.7 Å². The van der Waals surface area contributed by atoms with Crippen molar-refractivity contribution in [3.8, 4) is 0 Å². The fourth-order valence-electron chi connectivity index (χ4n) is 2.04. The highest BCUT2D eigenvalue weighted by Gasteiger charge is 2.14. The molecule has 3 aromatic rings. The molecule has 2 heterocycles. The molecule has 0 bridgehead atoms. The van der Waals surface area contributed by atoms with Crippen LogP contribution in [0.5, 0.6) is 0 Å². The Labute approximate surface area is 167 Å². The van der Waals surface area contributed by atoms with Gasteiger partial charge >= 0.3 is 0 Å². The van der Waals surface area contributed by atoms with Gasteiger partial charge in [0.05, 0.1) is 10.0 Å². The summed E-state index contributed by atoms with van der Waals surface area (Å²) < 4.78 is 0. The molecule has 3 rings (SSSR count). The lowest BCUT2D eigenvalue weighted by Gasteiger charge is -2.01. The van der Waals surface area contributed by atoms with Crippen LogP contribution < -0.4 is 10.6 Å². The van der Waals surface area contributed by atoms with Crippen LogP contribution in [-0.2, 0) is 11.2 Å². The van der Waals surface area contributed by atoms with E-state index in [1.54, 1.807) is 23.7 Å². The third-order valence-corrected chi connectivity index (χ3v) is 5.57. The van der Waals surface area contributed by atoms with E-state index in [0.717, 1.165) is 10.4 Å². The Morgan fingerprint density at radius 2 is 1.96 bits per heavy atom. The predicted octanol–water partition coefficient (Wildman–Crippen LogP) is 4.71. The van der Waals surface area contributed by atoms with Crippen molar-refractivity contribution in [1.82, 2.24) is 9.97 Å². The molecule has 0 saturated carbocycles. The number of carbonyl (C=O) groups excluding carboxylic acids is 2. The third-order valence-electron chi connectivity index (χ3n) is 3.16. The molecule has 0 unspecified atom stereocenters. The minimum atomic E-state index is -0.381. The first kappa shape index (κ1) is 18.8. The molecular formula is C16H12Cl2N4O2S2. The highest BCUT2D eigenvalue weighted by atomic mass is 35.5. The van der Waals surface area contributed by atoms with Crippen LogP contribution in [0.25, 0.3) is 0 Å². The standard InChI is InChI=1S/C16H12Cl2N4O2S2/c1-8(23)20-16-21-13(7-25-16)14(24)22-15-19-6-10(26-15)4-9-2-3-11(17)12(18)5-9/h2-3,5-7H,4H2,1H3,(H,19,22,24)(H,20,21,23). The van der Waals surface area contributed by atoms with Crippen molar-refractivity contribution in [2.24, 2.45) is 0 Å². The Bertz CT molecular complexity index is 971. The molecule has 0 saturated heterocycles. The molecular weight excluding hydrogens is 415 g/mol. The summed E-state index contributed by atoms with van der Waals surface area (Å²) in [5.41, 5.74) is 1.22. The Hall–Kier alpha value is -2.00. The van der Waals surface area contributed by atoms with Crippen molar-refractivity contribution >= 4 is 68.0 Å². The van der Waals surface area contributed by atoms with Gasteiger partial charge in [-0.15, -0.1) is 22.7 Å². The van der Waals surface area contributed by atoms with E-state index >= 15 is 0 Å². The van der Waals surface area contributed by atoms with Crippen molar-refractivity contribution in [2.45, 2.75) is 13.3 Å². The van der Waals surface area contributed by atoms with Crippen molar-refractivity contribution in [2.75, 3.05) is 10.6 Å². The van der Waals surface area contributed by atoms with E-state index < -0.39 is 0 Å². The highest BCUT2D eigenvalue weighted by molar-refractivity contribution is 7.15. The monoisotopic (exact) mass is 426 g/mol. The summed E-state index contributed by atoms with van der Waals surface area (Å²) in [6.07, 6.45) is 2.33. The molecule has 2 aromatic heterocycles. The number of aromatic nitrogens is 2. The summed E-state index contributed by atoms with van der Waals surface area (Å²) in [7, 11) is 0. The van der Waals surface area contributed by atoms with Crippen molar-refractivity contribution in [3.05, 3.63) is 56.0 Å². The highest BCUT2D eigenvalue weighted by Crippen LogP contribution is 2.26. The van der Waals surface area contributed by atoms with Crippen LogP contribution in [-0.4, -0.2) is 21.8 Å². The van der Waals surface area contributed by atoms with Gasteiger partial charge in [0, 0.05) is 29.8 Å². The first-order valence-electron chi connectivity index (χ1n) is 7.34. The van der Waals surface area contributed by atoms with Gasteiger partial charge in [-0.3, -0.25) is 14.9 Å². The number of hydrogen-bond donors (Lipinski definition) is 2. The smallest absolute Gasteiger partial charge is 0.276 e. The molecule has 1 aromatic carbocycles. The second-order valence-corrected chi connectivity index (χ2v) is 8.02. The Kier molecular flexibility index (Phi) is 5.87. The zero-order valence-corrected chi connectivity index (χ0v) is 16.5. The molecule has 26 heavy (non-hydrogen) atoms. The first-order chi connectivity index (χ1) is 12.4. The summed E-state index contributed by atoms with van der Waals surface area (Å²) in [6, 6.07) is 5.45. The molecule has 10 heteroatoms. The fourth-order valence-corrected chi connectivity index (χ4v) is 3.94. The molecule has 0 fully saturated rings. The zero-order valence-electron chi connectivity index (χ0n) is 13.4. The summed E-state index contributed by atoms with van der Waals surface area (Å²) in [5, 5.41) is 8.68. The second-order valence-electron chi connectivity index (χ2n) is 5.23. The number of anilines is 2. The topological polar surface area (TPSA) is 84.0 Å². The molecule has 0 aliphatic carbocycles. The van der Waals surface area contributed by atoms with Crippen LogP contribution >= 0.6 is 45.9 Å². The Balaban J connectivity index is 1.64. The van der Waals surface area contributed by atoms with Crippen LogP contribution in [0.2, 0.25) is 10.0 Å². The van der Waals surface area contributed by atoms with Crippen LogP contribution in [0.3, 0.4) is 0 Å². The van der Waals surface area contributed by atoms with Crippen LogP contribution in [0.4, 0.5) is 10.3 Å². The van der Waals surface area contributed by atoms with Gasteiger partial charge in [0.2, 0.25) is 5.91 Å². The summed E-state index contributed by atoms with van der Waals surface area (Å²) in [5.74, 6) is -0.619. The van der Waals surface area contributed by atoms with E-state index in [0.29, 0.717) is 26.7 Å². The number of carbonyl (C=O) groups is 2. The number of nitrogens with zero attached hydrogens (tertiary/aromatic N) is 2. The SMILES string of the molecule is CC(=O)Nc1nc(C(=O)Nc2ncc(Cc3ccc(Cl)c(Cl)c3)s2)cs1. The molecule has 0 aliphatic rings. The summed E-state index contributed by atoms with van der Waals surface area (Å²) >= 11 is 14.5. The fraction of sp³-hybridized carbons (Fsp3) is 0.125. The third kappa shape index (κ3) is 4.79. The van der Waals surface area contributed by atoms with Crippen LogP contribution in [0.1, 0.15) is 27.9 Å². The lowest BCUT2D eigenvalue weighted by molar-refractivity contribution is -0.114. The maximum absolute atomic E-state index is 12.2. The van der Waals surface area contributed by atoms with E-state index in [-0.39, 0.29) is 17.5 Å². The molecule has 6 nitrogen and oxygen atoms in total. The van der Waals surface area contributed by atoms with Gasteiger partial charge in [0.15, 0.2) is 10.3 Å². The number of thiazole rings is 2. The molecule has 0 spiro atoms. The number of nitrogens with one attached hydrogen (secondary N) is 2. The summed E-state index contributed by atoms with van der Waals surface area (Å²) in [4.78, 5) is 32.5. The van der Waals surface area contributed by atoms with Crippen molar-refractivity contribution in [3.63, 3.8) is 0 Å². The lowest BCUT2D eigenvalue weighted by atomic mass is 10.1. The van der Waals surface area contributed by atoms with Gasteiger partial charge in [0.1, 0.15) is 5.69 Å². The number of halogens is 2. The normalized spacial score (nSPS) is 10.6. The number of amides is 2. The van der Waals surface area contributed by atoms with Crippen molar-refractivity contribution in [1.29, 1.82) is 0 Å². The average Bonchev–Trinajstić information content (AvgIpc) is 3.20. The van der Waals surface area contributed by atoms with E-state index in [9.17, 15) is 9.59 Å². The van der Waals surface area contributed by atoms with Gasteiger partial charge < -0.3 is 5.32 Å². The minimum Gasteiger partial charge on any atom is -0.302 e. The molecule has 0 radical (unpaired) electrons. The average molecular weight is 427 g/mol. The molecule has 0 atom stereocenters. The maximum atomic E-state index is 12.2. The second kappa shape index (κ2) is 8.13. The number of rotatable bonds is 5. The predicted molar refractivity (Wildman–Crippen MR) is 106 cm³/mol. The minimum absolute atomic E-state index is 0.222. The van der Waals surface area contributed by atoms with Crippen LogP contribution in [0.15, 0.2) is 29.8 Å². The van der Waals surface area contributed by atoms with E-state index in [2.05, 4.69) is 20.6 Å². The van der Waals surface area contributed by atoms with Gasteiger partial charge in [-0.2, -0.15) is 0 Å². The molecule has 134 valence electrons. The summed E-state index contributed by atoms with van der Waals surface area (Å²) in [6.45, 7) is 1.38. The van der Waals surface area contributed by atoms with Crippen molar-refractivity contribution < 1.29 is 9.59 Å². The van der Waals surface area contributed by atoms with E-state index in [1.165, 1.54) is 29.6 Å². The van der Waals surface area contributed by atoms with E-state index in [4.69, 9.17) is 23.2 Å². The van der Waals surface area contributed by atoms with Gasteiger partial charge in [0.25, 0.3) is 5.91 Å². The first-order valence-corrected chi connectivity index (χ1v) is 9.79. The molecule has 2 N–H and O–H groups in total. The lowest BCUT2D eigenvalue weighted by Crippen LogP contribution is -2.12. The molecule has 2 amide bonds. The quantitative estimate of drug-likeness (QED) is 0.618. The Morgan fingerprint density at radius 1 is 1.15 bits per heavy atom. The van der Waals surface area contributed by atoms with Crippen LogP contribution in [0, 0.1) is 0 Å².